The van der Waals surface area contributed by atoms with E-state index in [-0.39, 0.29) is 0 Å². The van der Waals surface area contributed by atoms with Gasteiger partial charge in [0, 0.05) is 5.71 Å². The van der Waals surface area contributed by atoms with Crippen LogP contribution in [0.1, 0.15) is 34.1 Å². The van der Waals surface area contributed by atoms with Gasteiger partial charge < -0.3 is 5.73 Å². The highest BCUT2D eigenvalue weighted by Gasteiger charge is 2.17. The van der Waals surface area contributed by atoms with E-state index in [0.29, 0.717) is 0 Å². The molecule has 0 aromatic heterocycles. The Morgan fingerprint density at radius 1 is 1.42 bits per heavy atom. The molecular formula is C10H16N2. The Hall–Kier alpha value is -1.05. The van der Waals surface area contributed by atoms with Crippen LogP contribution in [-0.4, -0.2) is 5.71 Å². The van der Waals surface area contributed by atoms with Crippen molar-refractivity contribution in [1.82, 2.24) is 0 Å². The maximum atomic E-state index is 5.93. The Balaban J connectivity index is 3.20. The van der Waals surface area contributed by atoms with Crippen LogP contribution < -0.4 is 5.73 Å². The van der Waals surface area contributed by atoms with Gasteiger partial charge in [0.15, 0.2) is 0 Å². The number of aliphatic imine (C=N–C) groups is 1. The maximum Gasteiger partial charge on any atom is 0.0852 e. The normalized spacial score (nSPS) is 17.0. The summed E-state index contributed by atoms with van der Waals surface area (Å²) in [6.07, 6.45) is 0.970. The van der Waals surface area contributed by atoms with E-state index in [9.17, 15) is 0 Å². The summed E-state index contributed by atoms with van der Waals surface area (Å²) in [6.45, 7) is 8.20. The van der Waals surface area contributed by atoms with Crippen molar-refractivity contribution in [2.45, 2.75) is 34.1 Å². The quantitative estimate of drug-likeness (QED) is 0.635. The molecule has 0 unspecified atom stereocenters. The molecule has 2 nitrogen and oxygen atoms in total. The molecule has 0 aromatic carbocycles. The van der Waals surface area contributed by atoms with Gasteiger partial charge in [0.05, 0.1) is 11.4 Å². The second kappa shape index (κ2) is 3.13. The van der Waals surface area contributed by atoms with Gasteiger partial charge >= 0.3 is 0 Å². The summed E-state index contributed by atoms with van der Waals surface area (Å²) < 4.78 is 0. The zero-order valence-electron chi connectivity index (χ0n) is 8.23. The van der Waals surface area contributed by atoms with E-state index >= 15 is 0 Å². The number of allylic oxidation sites excluding steroid dienone is 2. The summed E-state index contributed by atoms with van der Waals surface area (Å²) in [6, 6.07) is 0. The van der Waals surface area contributed by atoms with E-state index in [2.05, 4.69) is 11.9 Å². The SMILES string of the molecule is CCC1=C(N)C(=C(C)C)N=C1C. The predicted octanol–water partition coefficient (Wildman–Crippen LogP) is 2.38. The highest BCUT2D eigenvalue weighted by Crippen LogP contribution is 2.25. The van der Waals surface area contributed by atoms with E-state index in [1.165, 1.54) is 11.1 Å². The molecule has 1 aliphatic rings. The van der Waals surface area contributed by atoms with Crippen molar-refractivity contribution in [2.75, 3.05) is 0 Å². The molecular weight excluding hydrogens is 148 g/mol. The third kappa shape index (κ3) is 1.29. The van der Waals surface area contributed by atoms with Crippen LogP contribution in [0.3, 0.4) is 0 Å². The number of rotatable bonds is 1. The Kier molecular flexibility index (Phi) is 2.36. The number of nitrogens with zero attached hydrogens (tertiary/aromatic N) is 1. The first-order chi connectivity index (χ1) is 5.57. The summed E-state index contributed by atoms with van der Waals surface area (Å²) in [5.41, 5.74) is 11.2. The fourth-order valence-corrected chi connectivity index (χ4v) is 1.46. The monoisotopic (exact) mass is 164 g/mol. The third-order valence-corrected chi connectivity index (χ3v) is 2.12. The molecule has 12 heavy (non-hydrogen) atoms. The molecule has 0 fully saturated rings. The predicted molar refractivity (Wildman–Crippen MR) is 53.0 cm³/mol. The lowest BCUT2D eigenvalue weighted by Crippen LogP contribution is -2.02. The molecule has 2 heteroatoms. The lowest BCUT2D eigenvalue weighted by Gasteiger charge is -2.00. The van der Waals surface area contributed by atoms with E-state index < -0.39 is 0 Å². The second-order valence-electron chi connectivity index (χ2n) is 3.29. The standard InChI is InChI=1S/C10H16N2/c1-5-8-7(4)12-10(6(2)3)9(8)11/h5,11H2,1-4H3. The van der Waals surface area contributed by atoms with Gasteiger partial charge in [-0.1, -0.05) is 6.92 Å². The zero-order valence-corrected chi connectivity index (χ0v) is 8.23. The van der Waals surface area contributed by atoms with Crippen molar-refractivity contribution >= 4 is 5.71 Å². The minimum absolute atomic E-state index is 0.870. The molecule has 0 aliphatic carbocycles. The number of nitrogens with two attached hydrogens (primary N) is 1. The fraction of sp³-hybridized carbons (Fsp3) is 0.500. The van der Waals surface area contributed by atoms with E-state index in [1.807, 2.05) is 20.8 Å². The minimum Gasteiger partial charge on any atom is -0.397 e. The van der Waals surface area contributed by atoms with Crippen LogP contribution in [-0.2, 0) is 0 Å². The first-order valence-corrected chi connectivity index (χ1v) is 4.30. The van der Waals surface area contributed by atoms with Gasteiger partial charge in [-0.25, -0.2) is 0 Å². The van der Waals surface area contributed by atoms with Crippen molar-refractivity contribution in [3.8, 4) is 0 Å². The third-order valence-electron chi connectivity index (χ3n) is 2.12. The summed E-state index contributed by atoms with van der Waals surface area (Å²) in [5.74, 6) is 0. The molecule has 1 heterocycles. The van der Waals surface area contributed by atoms with Gasteiger partial charge in [-0.3, -0.25) is 4.99 Å². The van der Waals surface area contributed by atoms with Gasteiger partial charge in [0.2, 0.25) is 0 Å². The molecule has 0 saturated carbocycles. The smallest absolute Gasteiger partial charge is 0.0852 e. The maximum absolute atomic E-state index is 5.93. The van der Waals surface area contributed by atoms with Crippen LogP contribution in [0, 0.1) is 0 Å². The Morgan fingerprint density at radius 3 is 2.25 bits per heavy atom. The van der Waals surface area contributed by atoms with Gasteiger partial charge in [0.1, 0.15) is 0 Å². The second-order valence-corrected chi connectivity index (χ2v) is 3.29. The lowest BCUT2D eigenvalue weighted by atomic mass is 10.1. The van der Waals surface area contributed by atoms with Crippen LogP contribution in [0.25, 0.3) is 0 Å². The molecule has 2 N–H and O–H groups in total. The Labute approximate surface area is 73.9 Å². The molecule has 0 amide bonds. The van der Waals surface area contributed by atoms with Crippen LogP contribution in [0.15, 0.2) is 27.5 Å². The van der Waals surface area contributed by atoms with E-state index in [1.54, 1.807) is 0 Å². The molecule has 1 aliphatic heterocycles. The van der Waals surface area contributed by atoms with Crippen molar-refractivity contribution < 1.29 is 0 Å². The van der Waals surface area contributed by atoms with Crippen LogP contribution in [0.4, 0.5) is 0 Å². The first kappa shape index (κ1) is 9.04. The number of hydrogen-bond donors (Lipinski definition) is 1. The van der Waals surface area contributed by atoms with Crippen molar-refractivity contribution in [3.63, 3.8) is 0 Å². The summed E-state index contributed by atoms with van der Waals surface area (Å²) in [4.78, 5) is 4.42. The van der Waals surface area contributed by atoms with Crippen LogP contribution in [0.2, 0.25) is 0 Å². The summed E-state index contributed by atoms with van der Waals surface area (Å²) in [7, 11) is 0. The molecule has 0 bridgehead atoms. The minimum atomic E-state index is 0.870. The first-order valence-electron chi connectivity index (χ1n) is 4.30. The van der Waals surface area contributed by atoms with Crippen LogP contribution in [0.5, 0.6) is 0 Å². The van der Waals surface area contributed by atoms with Gasteiger partial charge in [0.25, 0.3) is 0 Å². The summed E-state index contributed by atoms with van der Waals surface area (Å²) >= 11 is 0. The largest absolute Gasteiger partial charge is 0.397 e. The van der Waals surface area contributed by atoms with Crippen molar-refractivity contribution in [1.29, 1.82) is 0 Å². The molecule has 0 atom stereocenters. The average molecular weight is 164 g/mol. The molecule has 0 spiro atoms. The average Bonchev–Trinajstić information content (AvgIpc) is 2.27. The van der Waals surface area contributed by atoms with E-state index in [0.717, 1.165) is 23.5 Å². The lowest BCUT2D eigenvalue weighted by molar-refractivity contribution is 1.12. The number of hydrogen-bond acceptors (Lipinski definition) is 2. The topological polar surface area (TPSA) is 38.4 Å². The van der Waals surface area contributed by atoms with Crippen molar-refractivity contribution in [2.24, 2.45) is 10.7 Å². The van der Waals surface area contributed by atoms with Crippen LogP contribution >= 0.6 is 0 Å². The molecule has 0 radical (unpaired) electrons. The van der Waals surface area contributed by atoms with Gasteiger partial charge in [-0.05, 0) is 38.3 Å². The Morgan fingerprint density at radius 2 is 2.00 bits per heavy atom. The van der Waals surface area contributed by atoms with E-state index in [4.69, 9.17) is 5.73 Å². The zero-order chi connectivity index (χ0) is 9.30. The fourth-order valence-electron chi connectivity index (χ4n) is 1.46. The van der Waals surface area contributed by atoms with Gasteiger partial charge in [-0.2, -0.15) is 0 Å². The van der Waals surface area contributed by atoms with Gasteiger partial charge in [-0.15, -0.1) is 0 Å². The molecule has 1 rings (SSSR count). The highest BCUT2D eigenvalue weighted by molar-refractivity contribution is 6.02. The Bertz CT molecular complexity index is 289. The molecule has 66 valence electrons. The molecule has 0 aromatic rings. The summed E-state index contributed by atoms with van der Waals surface area (Å²) in [5, 5.41) is 0. The highest BCUT2D eigenvalue weighted by atomic mass is 14.9. The van der Waals surface area contributed by atoms with Crippen molar-refractivity contribution in [3.05, 3.63) is 22.5 Å². The molecule has 0 saturated heterocycles.